The molecule has 3 heteroatoms. The Morgan fingerprint density at radius 2 is 1.84 bits per heavy atom. The van der Waals surface area contributed by atoms with Crippen molar-refractivity contribution in [3.05, 3.63) is 28.8 Å². The maximum atomic E-state index is 10.5. The summed E-state index contributed by atoms with van der Waals surface area (Å²) in [6.07, 6.45) is 1.14. The molecule has 0 saturated carbocycles. The van der Waals surface area contributed by atoms with E-state index < -0.39 is 6.10 Å². The van der Waals surface area contributed by atoms with Gasteiger partial charge in [0.05, 0.1) is 13.2 Å². The maximum absolute atomic E-state index is 10.5. The Morgan fingerprint density at radius 1 is 1.16 bits per heavy atom. The lowest BCUT2D eigenvalue weighted by molar-refractivity contribution is -0.0387. The van der Waals surface area contributed by atoms with Crippen LogP contribution in [0, 0.1) is 13.8 Å². The van der Waals surface area contributed by atoms with Gasteiger partial charge in [0.1, 0.15) is 11.9 Å². The number of rotatable bonds is 7. The topological polar surface area (TPSA) is 38.7 Å². The summed E-state index contributed by atoms with van der Waals surface area (Å²) in [5, 5.41) is 10.5. The molecule has 3 nitrogen and oxygen atoms in total. The fraction of sp³-hybridized carbons (Fsp3) is 0.625. The van der Waals surface area contributed by atoms with E-state index in [1.54, 1.807) is 7.11 Å². The van der Waals surface area contributed by atoms with Crippen LogP contribution < -0.4 is 4.74 Å². The van der Waals surface area contributed by atoms with Crippen molar-refractivity contribution in [1.82, 2.24) is 0 Å². The normalized spacial score (nSPS) is 14.2. The Hall–Kier alpha value is -1.06. The van der Waals surface area contributed by atoms with Crippen LogP contribution in [0.5, 0.6) is 5.75 Å². The van der Waals surface area contributed by atoms with Crippen LogP contribution in [0.15, 0.2) is 12.1 Å². The number of aliphatic hydroxyl groups excluding tert-OH is 1. The molecule has 2 unspecified atom stereocenters. The standard InChI is InChI=1S/C16H26O3/c1-6-8-14(19-7-2)16(17)13-9-12(4)15(18-5)10-11(13)3/h9-10,14,16-17H,6-8H2,1-5H3. The number of methoxy groups -OCH3 is 1. The Kier molecular flexibility index (Phi) is 6.32. The molecule has 0 fully saturated rings. The van der Waals surface area contributed by atoms with E-state index in [-0.39, 0.29) is 6.10 Å². The van der Waals surface area contributed by atoms with Gasteiger partial charge in [-0.1, -0.05) is 13.3 Å². The first kappa shape index (κ1) is 16.0. The number of hydrogen-bond donors (Lipinski definition) is 1. The van der Waals surface area contributed by atoms with E-state index in [9.17, 15) is 5.11 Å². The van der Waals surface area contributed by atoms with Crippen LogP contribution in [-0.2, 0) is 4.74 Å². The SMILES string of the molecule is CCCC(OCC)C(O)c1cc(C)c(OC)cc1C. The number of aliphatic hydroxyl groups is 1. The Labute approximate surface area is 116 Å². The highest BCUT2D eigenvalue weighted by Gasteiger charge is 2.22. The van der Waals surface area contributed by atoms with Crippen molar-refractivity contribution in [1.29, 1.82) is 0 Å². The van der Waals surface area contributed by atoms with Crippen LogP contribution in [0.3, 0.4) is 0 Å². The van der Waals surface area contributed by atoms with Crippen molar-refractivity contribution >= 4 is 0 Å². The van der Waals surface area contributed by atoms with Gasteiger partial charge in [-0.25, -0.2) is 0 Å². The van der Waals surface area contributed by atoms with E-state index in [1.165, 1.54) is 0 Å². The highest BCUT2D eigenvalue weighted by molar-refractivity contribution is 5.42. The van der Waals surface area contributed by atoms with Gasteiger partial charge < -0.3 is 14.6 Å². The third kappa shape index (κ3) is 3.95. The molecule has 0 spiro atoms. The van der Waals surface area contributed by atoms with Gasteiger partial charge in [0.25, 0.3) is 0 Å². The average molecular weight is 266 g/mol. The lowest BCUT2D eigenvalue weighted by atomic mass is 9.95. The summed E-state index contributed by atoms with van der Waals surface area (Å²) >= 11 is 0. The molecular weight excluding hydrogens is 240 g/mol. The first-order valence-corrected chi connectivity index (χ1v) is 6.99. The second-order valence-corrected chi connectivity index (χ2v) is 4.91. The summed E-state index contributed by atoms with van der Waals surface area (Å²) in [4.78, 5) is 0. The zero-order valence-electron chi connectivity index (χ0n) is 12.7. The van der Waals surface area contributed by atoms with Gasteiger partial charge in [-0.05, 0) is 56.0 Å². The first-order chi connectivity index (χ1) is 9.04. The summed E-state index contributed by atoms with van der Waals surface area (Å²) in [6, 6.07) is 3.98. The molecular formula is C16H26O3. The molecule has 0 amide bonds. The summed E-state index contributed by atoms with van der Waals surface area (Å²) in [7, 11) is 1.66. The van der Waals surface area contributed by atoms with E-state index in [0.717, 1.165) is 35.3 Å². The lowest BCUT2D eigenvalue weighted by Crippen LogP contribution is -2.23. The molecule has 0 heterocycles. The van der Waals surface area contributed by atoms with Crippen molar-refractivity contribution in [3.63, 3.8) is 0 Å². The highest BCUT2D eigenvalue weighted by Crippen LogP contribution is 2.30. The average Bonchev–Trinajstić information content (AvgIpc) is 2.40. The van der Waals surface area contributed by atoms with E-state index in [2.05, 4.69) is 6.92 Å². The van der Waals surface area contributed by atoms with Crippen LogP contribution in [0.4, 0.5) is 0 Å². The van der Waals surface area contributed by atoms with Crippen molar-refractivity contribution < 1.29 is 14.6 Å². The summed E-state index contributed by atoms with van der Waals surface area (Å²) < 4.78 is 11.0. The molecule has 1 aromatic rings. The number of ether oxygens (including phenoxy) is 2. The van der Waals surface area contributed by atoms with E-state index in [0.29, 0.717) is 6.61 Å². The molecule has 0 aliphatic heterocycles. The van der Waals surface area contributed by atoms with Crippen molar-refractivity contribution in [2.75, 3.05) is 13.7 Å². The minimum Gasteiger partial charge on any atom is -0.496 e. The Bertz CT molecular complexity index is 395. The molecule has 1 rings (SSSR count). The van der Waals surface area contributed by atoms with Crippen LogP contribution in [0.2, 0.25) is 0 Å². The monoisotopic (exact) mass is 266 g/mol. The van der Waals surface area contributed by atoms with Crippen LogP contribution in [-0.4, -0.2) is 24.9 Å². The predicted molar refractivity (Wildman–Crippen MR) is 77.7 cm³/mol. The second-order valence-electron chi connectivity index (χ2n) is 4.91. The minimum absolute atomic E-state index is 0.138. The van der Waals surface area contributed by atoms with Crippen LogP contribution >= 0.6 is 0 Å². The fourth-order valence-electron chi connectivity index (χ4n) is 2.38. The molecule has 0 aliphatic rings. The highest BCUT2D eigenvalue weighted by atomic mass is 16.5. The van der Waals surface area contributed by atoms with E-state index in [1.807, 2.05) is 32.9 Å². The maximum Gasteiger partial charge on any atom is 0.122 e. The van der Waals surface area contributed by atoms with Gasteiger partial charge in [0.15, 0.2) is 0 Å². The molecule has 0 radical (unpaired) electrons. The summed E-state index contributed by atoms with van der Waals surface area (Å²) in [6.45, 7) is 8.67. The van der Waals surface area contributed by atoms with Gasteiger partial charge in [0.2, 0.25) is 0 Å². The number of benzene rings is 1. The molecule has 1 N–H and O–H groups in total. The van der Waals surface area contributed by atoms with Gasteiger partial charge in [-0.15, -0.1) is 0 Å². The van der Waals surface area contributed by atoms with Gasteiger partial charge in [0, 0.05) is 6.61 Å². The molecule has 0 aliphatic carbocycles. The third-order valence-electron chi connectivity index (χ3n) is 3.41. The molecule has 0 bridgehead atoms. The van der Waals surface area contributed by atoms with Crippen molar-refractivity contribution in [2.45, 2.75) is 52.7 Å². The zero-order chi connectivity index (χ0) is 14.4. The number of hydrogen-bond acceptors (Lipinski definition) is 3. The number of aryl methyl sites for hydroxylation is 2. The molecule has 1 aromatic carbocycles. The molecule has 2 atom stereocenters. The Balaban J connectivity index is 3.03. The lowest BCUT2D eigenvalue weighted by Gasteiger charge is -2.25. The molecule has 19 heavy (non-hydrogen) atoms. The Morgan fingerprint density at radius 3 is 2.37 bits per heavy atom. The molecule has 0 saturated heterocycles. The summed E-state index contributed by atoms with van der Waals surface area (Å²) in [5.74, 6) is 0.858. The third-order valence-corrected chi connectivity index (χ3v) is 3.41. The molecule has 108 valence electrons. The summed E-state index contributed by atoms with van der Waals surface area (Å²) in [5.41, 5.74) is 3.01. The van der Waals surface area contributed by atoms with Gasteiger partial charge in [-0.2, -0.15) is 0 Å². The van der Waals surface area contributed by atoms with Gasteiger partial charge in [-0.3, -0.25) is 0 Å². The second kappa shape index (κ2) is 7.51. The predicted octanol–water partition coefficient (Wildman–Crippen LogP) is 3.55. The van der Waals surface area contributed by atoms with Crippen LogP contribution in [0.25, 0.3) is 0 Å². The smallest absolute Gasteiger partial charge is 0.122 e. The quantitative estimate of drug-likeness (QED) is 0.820. The van der Waals surface area contributed by atoms with E-state index >= 15 is 0 Å². The van der Waals surface area contributed by atoms with Crippen molar-refractivity contribution in [3.8, 4) is 5.75 Å². The minimum atomic E-state index is -0.579. The van der Waals surface area contributed by atoms with Crippen molar-refractivity contribution in [2.24, 2.45) is 0 Å². The van der Waals surface area contributed by atoms with Gasteiger partial charge >= 0.3 is 0 Å². The fourth-order valence-corrected chi connectivity index (χ4v) is 2.38. The largest absolute Gasteiger partial charge is 0.496 e. The zero-order valence-corrected chi connectivity index (χ0v) is 12.7. The first-order valence-electron chi connectivity index (χ1n) is 6.99. The van der Waals surface area contributed by atoms with E-state index in [4.69, 9.17) is 9.47 Å². The van der Waals surface area contributed by atoms with Crippen LogP contribution in [0.1, 0.15) is 49.5 Å². The molecule has 0 aromatic heterocycles.